The highest BCUT2D eigenvalue weighted by atomic mass is 35.5. The number of benzene rings is 2. The number of aryl methyl sites for hydroxylation is 1. The molecule has 0 radical (unpaired) electrons. The number of rotatable bonds is 8. The highest BCUT2D eigenvalue weighted by molar-refractivity contribution is 7.22. The van der Waals surface area contributed by atoms with Crippen molar-refractivity contribution in [3.8, 4) is 0 Å². The van der Waals surface area contributed by atoms with Gasteiger partial charge in [0.15, 0.2) is 5.13 Å². The number of thiazole rings is 1. The van der Waals surface area contributed by atoms with Crippen LogP contribution in [0.2, 0.25) is 5.02 Å². The molecule has 5 nitrogen and oxygen atoms in total. The number of halogens is 1. The Bertz CT molecular complexity index is 1150. The molecule has 0 bridgehead atoms. The average Bonchev–Trinajstić information content (AvgIpc) is 3.16. The number of piperazine rings is 1. The van der Waals surface area contributed by atoms with Gasteiger partial charge in [-0.1, -0.05) is 60.5 Å². The Hall–Kier alpha value is -2.15. The lowest BCUT2D eigenvalue weighted by Gasteiger charge is -2.42. The summed E-state index contributed by atoms with van der Waals surface area (Å²) < 4.78 is 6.28. The van der Waals surface area contributed by atoms with E-state index in [1.54, 1.807) is 11.3 Å². The third kappa shape index (κ3) is 6.29. The maximum absolute atomic E-state index is 12.0. The summed E-state index contributed by atoms with van der Waals surface area (Å²) in [5, 5.41) is 1.85. The van der Waals surface area contributed by atoms with Crippen molar-refractivity contribution in [3.63, 3.8) is 0 Å². The lowest BCUT2D eigenvalue weighted by atomic mass is 9.99. The third-order valence-corrected chi connectivity index (χ3v) is 7.44. The van der Waals surface area contributed by atoms with E-state index in [0.29, 0.717) is 25.0 Å². The van der Waals surface area contributed by atoms with Crippen molar-refractivity contribution in [2.24, 2.45) is 5.92 Å². The Morgan fingerprint density at radius 2 is 2.00 bits per heavy atom. The van der Waals surface area contributed by atoms with Crippen LogP contribution in [-0.2, 0) is 22.5 Å². The van der Waals surface area contributed by atoms with Crippen LogP contribution in [0.5, 0.6) is 0 Å². The quantitative estimate of drug-likeness (QED) is 0.350. The predicted molar refractivity (Wildman–Crippen MR) is 142 cm³/mol. The van der Waals surface area contributed by atoms with E-state index in [4.69, 9.17) is 21.3 Å². The van der Waals surface area contributed by atoms with E-state index in [1.165, 1.54) is 11.1 Å². The van der Waals surface area contributed by atoms with E-state index in [1.807, 2.05) is 25.1 Å². The third-order valence-electron chi connectivity index (χ3n) is 6.15. The monoisotopic (exact) mass is 499 g/mol. The summed E-state index contributed by atoms with van der Waals surface area (Å²) in [4.78, 5) is 21.9. The Kier molecular flexibility index (Phi) is 8.12. The molecule has 0 aliphatic carbocycles. The first-order valence-corrected chi connectivity index (χ1v) is 13.3. The number of hydrogen-bond donors (Lipinski definition) is 0. The molecule has 0 N–H and O–H groups in total. The highest BCUT2D eigenvalue weighted by Crippen LogP contribution is 2.34. The van der Waals surface area contributed by atoms with Crippen LogP contribution in [-0.4, -0.2) is 48.1 Å². The second-order valence-corrected chi connectivity index (χ2v) is 11.1. The van der Waals surface area contributed by atoms with Gasteiger partial charge in [-0.05, 0) is 55.5 Å². The van der Waals surface area contributed by atoms with Crippen LogP contribution in [0, 0.1) is 12.8 Å². The van der Waals surface area contributed by atoms with E-state index in [0.717, 1.165) is 58.5 Å². The molecule has 0 amide bonds. The predicted octanol–water partition coefficient (Wildman–Crippen LogP) is 6.10. The number of fused-ring (bicyclic) bond motifs is 1. The number of aromatic nitrogens is 1. The zero-order chi connectivity index (χ0) is 24.2. The normalized spacial score (nSPS) is 17.0. The Balaban J connectivity index is 1.49. The summed E-state index contributed by atoms with van der Waals surface area (Å²) in [5.74, 6) is 0.438. The first-order valence-electron chi connectivity index (χ1n) is 12.1. The largest absolute Gasteiger partial charge is 0.466 e. The molecule has 0 saturated carbocycles. The molecule has 34 heavy (non-hydrogen) atoms. The molecule has 1 fully saturated rings. The summed E-state index contributed by atoms with van der Waals surface area (Å²) in [6.45, 7) is 12.7. The standard InChI is InChI=1S/C27H34ClN3O2S/c1-5-33-26(32)14-20-11-19(4)12-21(13-20)16-30-8-9-31(23(17-30)10-18(2)3)27-29-24-7-6-22(28)15-25(24)34-27/h6-7,11-13,15,18,23H,5,8-10,14,16-17H2,1-4H3/t23-/m0/s1. The van der Waals surface area contributed by atoms with E-state index >= 15 is 0 Å². The van der Waals surface area contributed by atoms with Crippen molar-refractivity contribution in [3.05, 3.63) is 58.1 Å². The lowest BCUT2D eigenvalue weighted by molar-refractivity contribution is -0.142. The molecule has 1 atom stereocenters. The molecule has 1 aliphatic heterocycles. The van der Waals surface area contributed by atoms with Crippen molar-refractivity contribution < 1.29 is 9.53 Å². The summed E-state index contributed by atoms with van der Waals surface area (Å²) in [7, 11) is 0. The Morgan fingerprint density at radius 3 is 2.76 bits per heavy atom. The van der Waals surface area contributed by atoms with E-state index in [-0.39, 0.29) is 5.97 Å². The van der Waals surface area contributed by atoms with E-state index in [9.17, 15) is 4.79 Å². The van der Waals surface area contributed by atoms with E-state index in [2.05, 4.69) is 48.8 Å². The van der Waals surface area contributed by atoms with Gasteiger partial charge in [-0.25, -0.2) is 4.98 Å². The Morgan fingerprint density at radius 1 is 1.21 bits per heavy atom. The molecule has 2 aromatic carbocycles. The van der Waals surface area contributed by atoms with Gasteiger partial charge in [0.25, 0.3) is 0 Å². The maximum atomic E-state index is 12.0. The molecule has 7 heteroatoms. The highest BCUT2D eigenvalue weighted by Gasteiger charge is 2.29. The summed E-state index contributed by atoms with van der Waals surface area (Å²) in [6, 6.07) is 12.8. The number of ether oxygens (including phenoxy) is 1. The molecule has 0 spiro atoms. The summed E-state index contributed by atoms with van der Waals surface area (Å²) >= 11 is 7.94. The van der Waals surface area contributed by atoms with Gasteiger partial charge >= 0.3 is 5.97 Å². The zero-order valence-corrected chi connectivity index (χ0v) is 22.1. The molecule has 0 unspecified atom stereocenters. The number of hydrogen-bond acceptors (Lipinski definition) is 6. The van der Waals surface area contributed by atoms with Crippen molar-refractivity contribution in [2.75, 3.05) is 31.1 Å². The van der Waals surface area contributed by atoms with Crippen LogP contribution < -0.4 is 4.90 Å². The van der Waals surface area contributed by atoms with Crippen molar-refractivity contribution in [2.45, 2.75) is 53.1 Å². The van der Waals surface area contributed by atoms with Crippen molar-refractivity contribution >= 4 is 44.3 Å². The second kappa shape index (κ2) is 11.1. The molecule has 182 valence electrons. The zero-order valence-electron chi connectivity index (χ0n) is 20.5. The van der Waals surface area contributed by atoms with Gasteiger partial charge in [0.1, 0.15) is 0 Å². The molecule has 2 heterocycles. The second-order valence-electron chi connectivity index (χ2n) is 9.63. The van der Waals surface area contributed by atoms with Gasteiger partial charge in [0, 0.05) is 37.2 Å². The van der Waals surface area contributed by atoms with Crippen LogP contribution in [0.25, 0.3) is 10.2 Å². The fourth-order valence-corrected chi connectivity index (χ4v) is 6.19. The summed E-state index contributed by atoms with van der Waals surface area (Å²) in [5.41, 5.74) is 4.48. The smallest absolute Gasteiger partial charge is 0.310 e. The minimum absolute atomic E-state index is 0.165. The number of carbonyl (C=O) groups is 1. The van der Waals surface area contributed by atoms with Gasteiger partial charge < -0.3 is 9.64 Å². The van der Waals surface area contributed by atoms with E-state index < -0.39 is 0 Å². The number of carbonyl (C=O) groups excluding carboxylic acids is 1. The minimum atomic E-state index is -0.165. The van der Waals surface area contributed by atoms with Crippen molar-refractivity contribution in [1.82, 2.24) is 9.88 Å². The average molecular weight is 500 g/mol. The van der Waals surface area contributed by atoms with Gasteiger partial charge in [-0.15, -0.1) is 0 Å². The molecule has 1 aromatic heterocycles. The Labute approximate surface area is 211 Å². The molecular weight excluding hydrogens is 466 g/mol. The van der Waals surface area contributed by atoms with Gasteiger partial charge in [0.05, 0.1) is 23.2 Å². The molecule has 4 rings (SSSR count). The fourth-order valence-electron chi connectivity index (χ4n) is 4.85. The number of esters is 1. The lowest BCUT2D eigenvalue weighted by Crippen LogP contribution is -2.53. The molecule has 3 aromatic rings. The van der Waals surface area contributed by atoms with Gasteiger partial charge in [-0.3, -0.25) is 9.69 Å². The van der Waals surface area contributed by atoms with Crippen LogP contribution in [0.4, 0.5) is 5.13 Å². The van der Waals surface area contributed by atoms with Crippen LogP contribution >= 0.6 is 22.9 Å². The van der Waals surface area contributed by atoms with Crippen LogP contribution in [0.1, 0.15) is 43.9 Å². The van der Waals surface area contributed by atoms with Gasteiger partial charge in [0.2, 0.25) is 0 Å². The maximum Gasteiger partial charge on any atom is 0.310 e. The molecule has 1 aliphatic rings. The fraction of sp³-hybridized carbons (Fsp3) is 0.481. The number of nitrogens with zero attached hydrogens (tertiary/aromatic N) is 3. The first kappa shape index (κ1) is 25.0. The topological polar surface area (TPSA) is 45.7 Å². The minimum Gasteiger partial charge on any atom is -0.466 e. The van der Waals surface area contributed by atoms with Crippen molar-refractivity contribution in [1.29, 1.82) is 0 Å². The number of anilines is 1. The van der Waals surface area contributed by atoms with Gasteiger partial charge in [-0.2, -0.15) is 0 Å². The first-order chi connectivity index (χ1) is 16.3. The van der Waals surface area contributed by atoms with Crippen LogP contribution in [0.15, 0.2) is 36.4 Å². The molecular formula is C27H34ClN3O2S. The van der Waals surface area contributed by atoms with Crippen LogP contribution in [0.3, 0.4) is 0 Å². The SMILES string of the molecule is CCOC(=O)Cc1cc(C)cc(CN2CCN(c3nc4ccc(Cl)cc4s3)[C@@H](CC(C)C)C2)c1. The summed E-state index contributed by atoms with van der Waals surface area (Å²) in [6.07, 6.45) is 1.45. The molecule has 1 saturated heterocycles.